The van der Waals surface area contributed by atoms with Crippen LogP contribution in [0.1, 0.15) is 30.5 Å². The van der Waals surface area contributed by atoms with Gasteiger partial charge in [0.1, 0.15) is 18.3 Å². The molecular formula is C32H37NO5. The average Bonchev–Trinajstić information content (AvgIpc) is 2.94. The third-order valence-corrected chi connectivity index (χ3v) is 6.45. The number of amides is 1. The van der Waals surface area contributed by atoms with Gasteiger partial charge < -0.3 is 24.3 Å². The average molecular weight is 516 g/mol. The summed E-state index contributed by atoms with van der Waals surface area (Å²) in [5.41, 5.74) is 3.18. The summed E-state index contributed by atoms with van der Waals surface area (Å²) >= 11 is 0. The van der Waals surface area contributed by atoms with Crippen molar-refractivity contribution in [3.63, 3.8) is 0 Å². The van der Waals surface area contributed by atoms with Crippen molar-refractivity contribution in [2.75, 3.05) is 6.61 Å². The van der Waals surface area contributed by atoms with Gasteiger partial charge in [0, 0.05) is 6.92 Å². The zero-order valence-electron chi connectivity index (χ0n) is 22.1. The molecule has 6 heteroatoms. The summed E-state index contributed by atoms with van der Waals surface area (Å²) in [4.78, 5) is 12.3. The van der Waals surface area contributed by atoms with Crippen molar-refractivity contribution in [2.45, 2.75) is 64.1 Å². The van der Waals surface area contributed by atoms with Gasteiger partial charge in [-0.1, -0.05) is 103 Å². The SMILES string of the molecule is C/C=C/[C@@H]1O[C@H](COCc2ccccc2)[C@@H](OCc2ccccc2)[C@H](OCc2ccccc2)[C@H]1NC(C)=O. The molecule has 1 aliphatic rings. The molecule has 1 amide bonds. The van der Waals surface area contributed by atoms with E-state index in [-0.39, 0.29) is 5.91 Å². The van der Waals surface area contributed by atoms with Gasteiger partial charge in [-0.3, -0.25) is 4.79 Å². The van der Waals surface area contributed by atoms with E-state index < -0.39 is 30.5 Å². The maximum absolute atomic E-state index is 12.3. The molecular weight excluding hydrogens is 478 g/mol. The molecule has 4 rings (SSSR count). The molecule has 0 aromatic heterocycles. The summed E-state index contributed by atoms with van der Waals surface area (Å²) in [7, 11) is 0. The Kier molecular flexibility index (Phi) is 10.7. The summed E-state index contributed by atoms with van der Waals surface area (Å²) in [5.74, 6) is -0.151. The van der Waals surface area contributed by atoms with Crippen LogP contribution in [-0.2, 0) is 43.6 Å². The van der Waals surface area contributed by atoms with E-state index in [1.54, 1.807) is 0 Å². The van der Waals surface area contributed by atoms with Gasteiger partial charge >= 0.3 is 0 Å². The Morgan fingerprint density at radius 3 is 1.79 bits per heavy atom. The van der Waals surface area contributed by atoms with Crippen LogP contribution in [0.5, 0.6) is 0 Å². The largest absolute Gasteiger partial charge is 0.374 e. The summed E-state index contributed by atoms with van der Waals surface area (Å²) < 4.78 is 25.7. The zero-order chi connectivity index (χ0) is 26.6. The number of nitrogens with one attached hydrogen (secondary N) is 1. The fourth-order valence-electron chi connectivity index (χ4n) is 4.66. The number of benzene rings is 3. The molecule has 1 fully saturated rings. The van der Waals surface area contributed by atoms with Crippen molar-refractivity contribution in [1.29, 1.82) is 0 Å². The van der Waals surface area contributed by atoms with E-state index in [0.29, 0.717) is 26.4 Å². The maximum atomic E-state index is 12.3. The fourth-order valence-corrected chi connectivity index (χ4v) is 4.66. The zero-order valence-corrected chi connectivity index (χ0v) is 22.1. The highest BCUT2D eigenvalue weighted by Crippen LogP contribution is 2.29. The summed E-state index contributed by atoms with van der Waals surface area (Å²) in [5, 5.41) is 3.07. The first-order chi connectivity index (χ1) is 18.6. The molecule has 0 aliphatic carbocycles. The van der Waals surface area contributed by atoms with Crippen molar-refractivity contribution in [3.05, 3.63) is 120 Å². The Morgan fingerprint density at radius 2 is 1.29 bits per heavy atom. The van der Waals surface area contributed by atoms with E-state index in [9.17, 15) is 4.79 Å². The Balaban J connectivity index is 1.59. The second-order valence-electron chi connectivity index (χ2n) is 9.41. The number of carbonyl (C=O) groups is 1. The van der Waals surface area contributed by atoms with Crippen LogP contribution in [-0.4, -0.2) is 43.0 Å². The minimum absolute atomic E-state index is 0.151. The first kappa shape index (κ1) is 27.7. The molecule has 1 aliphatic heterocycles. The molecule has 3 aromatic carbocycles. The lowest BCUT2D eigenvalue weighted by Gasteiger charge is -2.46. The lowest BCUT2D eigenvalue weighted by molar-refractivity contribution is -0.223. The van der Waals surface area contributed by atoms with Crippen molar-refractivity contribution >= 4 is 5.91 Å². The molecule has 5 atom stereocenters. The molecule has 6 nitrogen and oxygen atoms in total. The smallest absolute Gasteiger partial charge is 0.217 e. The van der Waals surface area contributed by atoms with E-state index in [1.807, 2.05) is 110 Å². The second kappa shape index (κ2) is 14.6. The number of carbonyl (C=O) groups excluding carboxylic acids is 1. The second-order valence-corrected chi connectivity index (χ2v) is 9.41. The molecule has 0 spiro atoms. The molecule has 38 heavy (non-hydrogen) atoms. The van der Waals surface area contributed by atoms with Crippen LogP contribution in [0.25, 0.3) is 0 Å². The predicted molar refractivity (Wildman–Crippen MR) is 147 cm³/mol. The fraction of sp³-hybridized carbons (Fsp3) is 0.344. The topological polar surface area (TPSA) is 66.0 Å². The molecule has 0 unspecified atom stereocenters. The van der Waals surface area contributed by atoms with Crippen molar-refractivity contribution < 1.29 is 23.7 Å². The Hall–Kier alpha value is -3.29. The highest BCUT2D eigenvalue weighted by molar-refractivity contribution is 5.73. The van der Waals surface area contributed by atoms with E-state index >= 15 is 0 Å². The molecule has 3 aromatic rings. The van der Waals surface area contributed by atoms with Gasteiger partial charge in [-0.05, 0) is 23.6 Å². The quantitative estimate of drug-likeness (QED) is 0.335. The molecule has 0 bridgehead atoms. The van der Waals surface area contributed by atoms with Gasteiger partial charge in [-0.2, -0.15) is 0 Å². The molecule has 0 saturated carbocycles. The van der Waals surface area contributed by atoms with E-state index in [0.717, 1.165) is 16.7 Å². The number of hydrogen-bond donors (Lipinski definition) is 1. The summed E-state index contributed by atoms with van der Waals surface area (Å²) in [6, 6.07) is 29.6. The predicted octanol–water partition coefficient (Wildman–Crippen LogP) is 5.22. The van der Waals surface area contributed by atoms with Crippen LogP contribution in [0.2, 0.25) is 0 Å². The van der Waals surface area contributed by atoms with Gasteiger partial charge in [-0.15, -0.1) is 0 Å². The van der Waals surface area contributed by atoms with Crippen LogP contribution >= 0.6 is 0 Å². The molecule has 200 valence electrons. The van der Waals surface area contributed by atoms with Crippen molar-refractivity contribution in [1.82, 2.24) is 5.32 Å². The van der Waals surface area contributed by atoms with Crippen LogP contribution in [0.15, 0.2) is 103 Å². The minimum atomic E-state index is -0.479. The van der Waals surface area contributed by atoms with Crippen LogP contribution in [0.4, 0.5) is 0 Å². The number of rotatable bonds is 12. The highest BCUT2D eigenvalue weighted by atomic mass is 16.6. The van der Waals surface area contributed by atoms with Crippen molar-refractivity contribution in [2.24, 2.45) is 0 Å². The van der Waals surface area contributed by atoms with Gasteiger partial charge in [0.2, 0.25) is 5.91 Å². The Morgan fingerprint density at radius 1 is 0.789 bits per heavy atom. The van der Waals surface area contributed by atoms with Crippen LogP contribution < -0.4 is 5.32 Å². The lowest BCUT2D eigenvalue weighted by atomic mass is 9.91. The first-order valence-corrected chi connectivity index (χ1v) is 13.1. The molecule has 0 radical (unpaired) electrons. The van der Waals surface area contributed by atoms with Crippen LogP contribution in [0, 0.1) is 0 Å². The number of hydrogen-bond acceptors (Lipinski definition) is 5. The van der Waals surface area contributed by atoms with Crippen LogP contribution in [0.3, 0.4) is 0 Å². The number of ether oxygens (including phenoxy) is 4. The minimum Gasteiger partial charge on any atom is -0.374 e. The molecule has 1 heterocycles. The van der Waals surface area contributed by atoms with Gasteiger partial charge in [0.05, 0.1) is 38.6 Å². The van der Waals surface area contributed by atoms with E-state index in [2.05, 4.69) is 5.32 Å². The third-order valence-electron chi connectivity index (χ3n) is 6.45. The van der Waals surface area contributed by atoms with E-state index in [4.69, 9.17) is 18.9 Å². The Bertz CT molecular complexity index is 1120. The van der Waals surface area contributed by atoms with Crippen molar-refractivity contribution in [3.8, 4) is 0 Å². The number of allylic oxidation sites excluding steroid dienone is 1. The normalized spacial score (nSPS) is 23.4. The Labute approximate surface area is 225 Å². The standard InChI is InChI=1S/C32H37NO5/c1-3-13-28-30(33-24(2)34)32(37-22-27-18-11-6-12-19-27)31(36-21-26-16-9-5-10-17-26)29(38-28)23-35-20-25-14-7-4-8-15-25/h3-19,28-32H,20-23H2,1-2H3,(H,33,34)/b13-3+/t28-,29+,30-,31+,32+/m0/s1. The lowest BCUT2D eigenvalue weighted by Crippen LogP contribution is -2.65. The molecule has 1 N–H and O–H groups in total. The summed E-state index contributed by atoms with van der Waals surface area (Å²) in [6.07, 6.45) is 2.13. The molecule has 1 saturated heterocycles. The van der Waals surface area contributed by atoms with Gasteiger partial charge in [0.15, 0.2) is 0 Å². The van der Waals surface area contributed by atoms with Gasteiger partial charge in [-0.25, -0.2) is 0 Å². The maximum Gasteiger partial charge on any atom is 0.217 e. The van der Waals surface area contributed by atoms with Gasteiger partial charge in [0.25, 0.3) is 0 Å². The van der Waals surface area contributed by atoms with E-state index in [1.165, 1.54) is 6.92 Å². The monoisotopic (exact) mass is 515 g/mol. The summed E-state index contributed by atoms with van der Waals surface area (Å²) in [6.45, 7) is 5.00. The third kappa shape index (κ3) is 8.10. The highest BCUT2D eigenvalue weighted by Gasteiger charge is 2.47. The first-order valence-electron chi connectivity index (χ1n) is 13.1.